The van der Waals surface area contributed by atoms with Gasteiger partial charge in [-0.25, -0.2) is 0 Å². The van der Waals surface area contributed by atoms with Crippen LogP contribution in [0.2, 0.25) is 0 Å². The molecule has 4 heteroatoms. The van der Waals surface area contributed by atoms with Crippen LogP contribution in [0.15, 0.2) is 18.2 Å². The second kappa shape index (κ2) is 6.18. The molecule has 0 amide bonds. The van der Waals surface area contributed by atoms with Crippen LogP contribution in [0.5, 0.6) is 5.75 Å². The lowest BCUT2D eigenvalue weighted by Gasteiger charge is -2.27. The predicted molar refractivity (Wildman–Crippen MR) is 69.9 cm³/mol. The highest BCUT2D eigenvalue weighted by Crippen LogP contribution is 2.35. The van der Waals surface area contributed by atoms with Gasteiger partial charge >= 0.3 is 0 Å². The summed E-state index contributed by atoms with van der Waals surface area (Å²) in [5.41, 5.74) is 2.38. The van der Waals surface area contributed by atoms with Crippen molar-refractivity contribution in [2.45, 2.75) is 25.7 Å². The molecular weight excluding hydrogens is 230 g/mol. The molecule has 0 aliphatic carbocycles. The van der Waals surface area contributed by atoms with Crippen LogP contribution in [0.1, 0.15) is 24.1 Å². The Bertz CT molecular complexity index is 391. The summed E-state index contributed by atoms with van der Waals surface area (Å²) in [5, 5.41) is 3.40. The molecule has 0 radical (unpaired) electrons. The van der Waals surface area contributed by atoms with Crippen LogP contribution < -0.4 is 10.1 Å². The number of hydrogen-bond donors (Lipinski definition) is 1. The van der Waals surface area contributed by atoms with Crippen molar-refractivity contribution in [3.63, 3.8) is 0 Å². The molecule has 0 bridgehead atoms. The van der Waals surface area contributed by atoms with Crippen molar-refractivity contribution in [1.82, 2.24) is 5.32 Å². The molecule has 0 spiro atoms. The molecule has 1 aliphatic heterocycles. The second-order valence-corrected chi connectivity index (χ2v) is 4.31. The van der Waals surface area contributed by atoms with E-state index in [2.05, 4.69) is 30.4 Å². The number of likely N-dealkylation sites (N-methyl/N-ethyl adjacent to an activating group) is 1. The SMILES string of the molecule is CCNC(c1cccc2c1OCC2)C(OC)OC. The van der Waals surface area contributed by atoms with Crippen molar-refractivity contribution in [3.8, 4) is 5.75 Å². The van der Waals surface area contributed by atoms with E-state index in [-0.39, 0.29) is 12.3 Å². The zero-order valence-electron chi connectivity index (χ0n) is 11.2. The number of hydrogen-bond acceptors (Lipinski definition) is 4. The molecule has 4 nitrogen and oxygen atoms in total. The Morgan fingerprint density at radius 1 is 1.33 bits per heavy atom. The molecular formula is C14H21NO3. The summed E-state index contributed by atoms with van der Waals surface area (Å²) >= 11 is 0. The average molecular weight is 251 g/mol. The van der Waals surface area contributed by atoms with Gasteiger partial charge in [-0.1, -0.05) is 25.1 Å². The lowest BCUT2D eigenvalue weighted by molar-refractivity contribution is -0.124. The van der Waals surface area contributed by atoms with Crippen LogP contribution in [0.4, 0.5) is 0 Å². The van der Waals surface area contributed by atoms with Crippen molar-refractivity contribution in [2.75, 3.05) is 27.4 Å². The van der Waals surface area contributed by atoms with Crippen molar-refractivity contribution < 1.29 is 14.2 Å². The van der Waals surface area contributed by atoms with Crippen LogP contribution in [-0.4, -0.2) is 33.7 Å². The number of fused-ring (bicyclic) bond motifs is 1. The fraction of sp³-hybridized carbons (Fsp3) is 0.571. The molecule has 1 N–H and O–H groups in total. The summed E-state index contributed by atoms with van der Waals surface area (Å²) in [6.45, 7) is 3.67. The minimum Gasteiger partial charge on any atom is -0.493 e. The van der Waals surface area contributed by atoms with Gasteiger partial charge in [0.25, 0.3) is 0 Å². The molecule has 1 atom stereocenters. The normalized spacial score (nSPS) is 15.6. The van der Waals surface area contributed by atoms with E-state index < -0.39 is 0 Å². The minimum absolute atomic E-state index is 0.0157. The van der Waals surface area contributed by atoms with E-state index in [1.54, 1.807) is 14.2 Å². The third kappa shape index (κ3) is 2.51. The standard InChI is InChI=1S/C14H21NO3/c1-4-15-12(14(16-2)17-3)11-7-5-6-10-8-9-18-13(10)11/h5-7,12,14-15H,4,8-9H2,1-3H3. The number of para-hydroxylation sites is 1. The maximum absolute atomic E-state index is 5.74. The monoisotopic (exact) mass is 251 g/mol. The zero-order chi connectivity index (χ0) is 13.0. The first-order chi connectivity index (χ1) is 8.81. The average Bonchev–Trinajstić information content (AvgIpc) is 2.87. The number of ether oxygens (including phenoxy) is 3. The van der Waals surface area contributed by atoms with Crippen LogP contribution in [0.3, 0.4) is 0 Å². The van der Waals surface area contributed by atoms with E-state index in [1.807, 2.05) is 0 Å². The molecule has 1 aromatic rings. The molecule has 0 saturated carbocycles. The van der Waals surface area contributed by atoms with Crippen molar-refractivity contribution in [2.24, 2.45) is 0 Å². The molecule has 0 aromatic heterocycles. The van der Waals surface area contributed by atoms with E-state index in [0.29, 0.717) is 0 Å². The first kappa shape index (κ1) is 13.3. The fourth-order valence-electron chi connectivity index (χ4n) is 2.43. The van der Waals surface area contributed by atoms with Gasteiger partial charge in [-0.15, -0.1) is 0 Å². The zero-order valence-corrected chi connectivity index (χ0v) is 11.2. The topological polar surface area (TPSA) is 39.7 Å². The molecule has 0 fully saturated rings. The van der Waals surface area contributed by atoms with E-state index >= 15 is 0 Å². The quantitative estimate of drug-likeness (QED) is 0.784. The predicted octanol–water partition coefficient (Wildman–Crippen LogP) is 1.89. The van der Waals surface area contributed by atoms with E-state index in [9.17, 15) is 0 Å². The van der Waals surface area contributed by atoms with Gasteiger partial charge in [0.2, 0.25) is 0 Å². The van der Waals surface area contributed by atoms with Gasteiger partial charge in [0.15, 0.2) is 6.29 Å². The minimum atomic E-state index is -0.319. The molecule has 100 valence electrons. The number of rotatable bonds is 6. The van der Waals surface area contributed by atoms with Crippen LogP contribution in [-0.2, 0) is 15.9 Å². The highest BCUT2D eigenvalue weighted by atomic mass is 16.7. The Labute approximate surface area is 108 Å². The summed E-state index contributed by atoms with van der Waals surface area (Å²) in [6, 6.07) is 6.24. The van der Waals surface area contributed by atoms with Crippen molar-refractivity contribution in [1.29, 1.82) is 0 Å². The van der Waals surface area contributed by atoms with E-state index in [1.165, 1.54) is 5.56 Å². The molecule has 0 saturated heterocycles. The summed E-state index contributed by atoms with van der Waals surface area (Å²) in [4.78, 5) is 0. The molecule has 1 heterocycles. The highest BCUT2D eigenvalue weighted by molar-refractivity contribution is 5.45. The second-order valence-electron chi connectivity index (χ2n) is 4.31. The number of benzene rings is 1. The smallest absolute Gasteiger partial charge is 0.176 e. The Balaban J connectivity index is 2.33. The summed E-state index contributed by atoms with van der Waals surface area (Å²) in [5.74, 6) is 0.988. The molecule has 1 aromatic carbocycles. The van der Waals surface area contributed by atoms with Crippen molar-refractivity contribution >= 4 is 0 Å². The molecule has 18 heavy (non-hydrogen) atoms. The van der Waals surface area contributed by atoms with Crippen molar-refractivity contribution in [3.05, 3.63) is 29.3 Å². The van der Waals surface area contributed by atoms with Gasteiger partial charge in [-0.05, 0) is 12.1 Å². The largest absolute Gasteiger partial charge is 0.493 e. The number of nitrogens with one attached hydrogen (secondary N) is 1. The third-order valence-electron chi connectivity index (χ3n) is 3.24. The lowest BCUT2D eigenvalue weighted by atomic mass is 10.0. The lowest BCUT2D eigenvalue weighted by Crippen LogP contribution is -2.34. The van der Waals surface area contributed by atoms with E-state index in [0.717, 1.165) is 30.9 Å². The van der Waals surface area contributed by atoms with Crippen LogP contribution >= 0.6 is 0 Å². The molecule has 1 aliphatic rings. The molecule has 1 unspecified atom stereocenters. The Kier molecular flexibility index (Phi) is 4.58. The first-order valence-corrected chi connectivity index (χ1v) is 6.35. The summed E-state index contributed by atoms with van der Waals surface area (Å²) < 4.78 is 16.5. The number of methoxy groups -OCH3 is 2. The molecule has 2 rings (SSSR count). The van der Waals surface area contributed by atoms with Gasteiger partial charge in [-0.3, -0.25) is 0 Å². The Hall–Kier alpha value is -1.10. The van der Waals surface area contributed by atoms with Crippen LogP contribution in [0.25, 0.3) is 0 Å². The third-order valence-corrected chi connectivity index (χ3v) is 3.24. The van der Waals surface area contributed by atoms with Gasteiger partial charge in [0.05, 0.1) is 12.6 Å². The first-order valence-electron chi connectivity index (χ1n) is 6.35. The highest BCUT2D eigenvalue weighted by Gasteiger charge is 2.27. The van der Waals surface area contributed by atoms with Gasteiger partial charge in [0, 0.05) is 26.2 Å². The maximum atomic E-state index is 5.74. The maximum Gasteiger partial charge on any atom is 0.176 e. The van der Waals surface area contributed by atoms with Gasteiger partial charge in [0.1, 0.15) is 5.75 Å². The van der Waals surface area contributed by atoms with Gasteiger partial charge in [-0.2, -0.15) is 0 Å². The fourth-order valence-corrected chi connectivity index (χ4v) is 2.43. The Morgan fingerprint density at radius 3 is 2.78 bits per heavy atom. The van der Waals surface area contributed by atoms with Crippen LogP contribution in [0, 0.1) is 0 Å². The summed E-state index contributed by atoms with van der Waals surface area (Å²) in [7, 11) is 3.31. The Morgan fingerprint density at radius 2 is 2.11 bits per heavy atom. The van der Waals surface area contributed by atoms with E-state index in [4.69, 9.17) is 14.2 Å². The van der Waals surface area contributed by atoms with Gasteiger partial charge < -0.3 is 19.5 Å². The summed E-state index contributed by atoms with van der Waals surface area (Å²) in [6.07, 6.45) is 0.660.